The molecule has 0 unspecified atom stereocenters. The first kappa shape index (κ1) is 98.6. The average molecular weight is 2480 g/mol. The van der Waals surface area contributed by atoms with Crippen molar-refractivity contribution in [1.82, 2.24) is 64.8 Å². The molecule has 0 fully saturated rings. The van der Waals surface area contributed by atoms with Crippen LogP contribution in [0.25, 0.3) is 158 Å². The minimum atomic E-state index is -1.24. The summed E-state index contributed by atoms with van der Waals surface area (Å²) in [6.45, 7) is 0. The van der Waals surface area contributed by atoms with Crippen LogP contribution in [-0.2, 0) is 81.7 Å². The number of aromatic nitrogens is 13. The minimum absolute atomic E-state index is 0. The van der Waals surface area contributed by atoms with Crippen LogP contribution in [-0.4, -0.2) is 86.9 Å². The van der Waals surface area contributed by atoms with Crippen LogP contribution < -0.4 is 4.90 Å². The van der Waals surface area contributed by atoms with Gasteiger partial charge < -0.3 is 30.1 Å². The van der Waals surface area contributed by atoms with Crippen LogP contribution in [0.2, 0.25) is 0 Å². The summed E-state index contributed by atoms with van der Waals surface area (Å²) in [7, 11) is 0. The van der Waals surface area contributed by atoms with Crippen molar-refractivity contribution in [3.8, 4) is 158 Å². The minimum Gasteiger partial charge on any atom is -0.477 e. The van der Waals surface area contributed by atoms with E-state index in [9.17, 15) is 9.59 Å². The molecule has 18 nitrogen and oxygen atoms in total. The molecule has 0 saturated heterocycles. The van der Waals surface area contributed by atoms with Gasteiger partial charge in [-0.3, -0.25) is 39.9 Å². The van der Waals surface area contributed by atoms with Gasteiger partial charge in [-0.05, 0) is 143 Å². The number of carboxylic acid groups (broad SMARTS) is 2. The first-order valence-electron chi connectivity index (χ1n) is 42.3. The maximum atomic E-state index is 10.3. The van der Waals surface area contributed by atoms with E-state index < -0.39 is 11.9 Å². The number of hydrogen-bond acceptors (Lipinski definition) is 16. The smallest absolute Gasteiger partial charge is 0.477 e. The van der Waals surface area contributed by atoms with E-state index in [1.165, 1.54) is 18.2 Å². The second-order valence-electron chi connectivity index (χ2n) is 29.3. The Morgan fingerprint density at radius 3 is 0.774 bits per heavy atom. The van der Waals surface area contributed by atoms with Crippen molar-refractivity contribution in [3.63, 3.8) is 0 Å². The summed E-state index contributed by atoms with van der Waals surface area (Å²) in [6, 6.07) is 155. The standard InChI is InChI=1S/C33H20N3.C31H20N5.C28H19N3.C16H11N2.C7H5NO4.2Ir.Pt.Re/c1-2-10-24(11-3-1)30-17-8-18-31(35-30)27-14-7-15-28(23-27)33-20-9-19-32(36-33)26-13-6-12-25(22-26)29-16-4-5-21-34-29;1-3-19-32-26(11-1)28-15-6-13-24(34-28)22-9-5-10-23(21-22)25-14-7-17-30(35-25)31-18-8-16-29(36-31)27-12-2-4-20-33-27;1-3-11-22(12-4-1)27-18-10-19-28(30-27)31(24-14-5-2-6-15-24)25-16-9-13-23(21-25)26-17-7-8-20-29-26;1-3-10-17-15(8-1)13-6-5-7-14(12-13)16-9-2-4-11-18-16;9-6(10)4-2-1-3-5(8-4)7(11)12;;;;/h1-10,12-21H;1-20H;1-11,13-20H;1-11H;1-3H,(H,9,10)(H,11,12);;;;/q-3;-1;-2;-1;;;+3;+2;. The van der Waals surface area contributed by atoms with Crippen molar-refractivity contribution >= 4 is 29.1 Å². The van der Waals surface area contributed by atoms with Crippen LogP contribution >= 0.6 is 0 Å². The van der Waals surface area contributed by atoms with Gasteiger partial charge in [0.25, 0.3) is 0 Å². The summed E-state index contributed by atoms with van der Waals surface area (Å²) < 4.78 is 0. The van der Waals surface area contributed by atoms with Crippen molar-refractivity contribution in [1.29, 1.82) is 0 Å². The molecule has 21 rings (SSSR count). The van der Waals surface area contributed by atoms with Gasteiger partial charge in [-0.2, -0.15) is 0 Å². The molecule has 0 aliphatic carbocycles. The molecule has 13 aromatic heterocycles. The molecule has 2 radical (unpaired) electrons. The number of carboxylic acids is 2. The molecule has 21 aromatic rings. The van der Waals surface area contributed by atoms with Crippen molar-refractivity contribution in [3.05, 3.63) is 497 Å². The number of aromatic carboxylic acids is 2. The van der Waals surface area contributed by atoms with Crippen LogP contribution in [0.1, 0.15) is 21.0 Å². The van der Waals surface area contributed by atoms with Crippen LogP contribution in [0.3, 0.4) is 0 Å². The molecular formula is C115H75Ir2N14O4PtRe-2. The van der Waals surface area contributed by atoms with Gasteiger partial charge in [-0.25, -0.2) is 19.6 Å². The van der Waals surface area contributed by atoms with Crippen molar-refractivity contribution < 1.29 is 102 Å². The SMILES string of the molecule is O=C(O)c1cccc(C(=O)O)n1.[Ir+3].[Ir].[Pt+2].[Re].[c-]1c(-c2cccc(-c3ccccn3)n2)cccc1-c1cccc(-c2cccc(-c3ccccn3)n2)n1.[c-]1c(-c2ccccn2)cccc1-c1ccccn1.[c-]1ccccc1-c1cccc(-c2[c-]c(-c3cccc(-c4[c-]c(-c5ccccn5)ccc4)n3)ccc2)n1.[c-]1ccccc1-c1cccc(N(c2[c-]c(-c3ccccn3)ccc2)c2ccccc2)n1. The first-order valence-corrected chi connectivity index (χ1v) is 42.3. The maximum absolute atomic E-state index is 10.3. The Kier molecular flexibility index (Phi) is 35.8. The van der Waals surface area contributed by atoms with E-state index in [-0.39, 0.29) is 93.1 Å². The molecule has 0 aliphatic rings. The average Bonchev–Trinajstić information content (AvgIpc) is 0.787. The summed E-state index contributed by atoms with van der Waals surface area (Å²) in [5.41, 5.74) is 26.2. The molecule has 137 heavy (non-hydrogen) atoms. The molecule has 0 bridgehead atoms. The van der Waals surface area contributed by atoms with E-state index in [2.05, 4.69) is 94.4 Å². The van der Waals surface area contributed by atoms with Crippen LogP contribution in [0.5, 0.6) is 0 Å². The van der Waals surface area contributed by atoms with Gasteiger partial charge in [0.1, 0.15) is 17.2 Å². The van der Waals surface area contributed by atoms with E-state index in [0.717, 1.165) is 175 Å². The monoisotopic (exact) mass is 2480 g/mol. The molecule has 0 atom stereocenters. The van der Waals surface area contributed by atoms with E-state index in [1.54, 1.807) is 37.2 Å². The Balaban J connectivity index is 0.000000150. The fourth-order valence-corrected chi connectivity index (χ4v) is 14.0. The fraction of sp³-hybridized carbons (Fsp3) is 0. The van der Waals surface area contributed by atoms with Crippen molar-refractivity contribution in [2.45, 2.75) is 0 Å². The Morgan fingerprint density at radius 2 is 0.453 bits per heavy atom. The summed E-state index contributed by atoms with van der Waals surface area (Å²) in [6.07, 6.45) is 10.7. The van der Waals surface area contributed by atoms with E-state index >= 15 is 0 Å². The number of benzene rings is 8. The van der Waals surface area contributed by atoms with Gasteiger partial charge in [0, 0.05) is 112 Å². The van der Waals surface area contributed by atoms with Gasteiger partial charge in [-0.15, -0.1) is 199 Å². The predicted octanol–water partition coefficient (Wildman–Crippen LogP) is 25.4. The number of para-hydroxylation sites is 1. The molecule has 0 spiro atoms. The third kappa shape index (κ3) is 26.4. The Labute approximate surface area is 848 Å². The van der Waals surface area contributed by atoms with Crippen LogP contribution in [0, 0.1) is 42.5 Å². The summed E-state index contributed by atoms with van der Waals surface area (Å²) in [5.74, 6) is -1.66. The van der Waals surface area contributed by atoms with Gasteiger partial charge in [-0.1, -0.05) is 208 Å². The topological polar surface area (TPSA) is 245 Å². The zero-order valence-electron chi connectivity index (χ0n) is 72.5. The Bertz CT molecular complexity index is 6820. The molecule has 0 aliphatic heterocycles. The normalized spacial score (nSPS) is 10.2. The fourth-order valence-electron chi connectivity index (χ4n) is 14.0. The van der Waals surface area contributed by atoms with Crippen LogP contribution in [0.4, 0.5) is 17.2 Å². The zero-order chi connectivity index (χ0) is 90.5. The molecule has 666 valence electrons. The molecule has 8 aromatic carbocycles. The van der Waals surface area contributed by atoms with Gasteiger partial charge in [0.2, 0.25) is 0 Å². The molecular weight excluding hydrogens is 2410 g/mol. The number of hydrogen-bond donors (Lipinski definition) is 2. The van der Waals surface area contributed by atoms with E-state index in [4.69, 9.17) is 40.1 Å². The molecule has 13 heterocycles. The number of carbonyl (C=O) groups is 2. The van der Waals surface area contributed by atoms with E-state index in [0.29, 0.717) is 0 Å². The number of pyridine rings is 13. The first-order chi connectivity index (χ1) is 65.6. The van der Waals surface area contributed by atoms with Gasteiger partial charge in [0.15, 0.2) is 0 Å². The third-order valence-corrected chi connectivity index (χ3v) is 20.3. The van der Waals surface area contributed by atoms with Crippen molar-refractivity contribution in [2.75, 3.05) is 4.90 Å². The summed E-state index contributed by atoms with van der Waals surface area (Å²) >= 11 is 0. The molecule has 0 amide bonds. The molecule has 0 saturated carbocycles. The third-order valence-electron chi connectivity index (χ3n) is 20.3. The quantitative estimate of drug-likeness (QED) is 0.0714. The largest absolute Gasteiger partial charge is 3.00 e. The predicted molar refractivity (Wildman–Crippen MR) is 520 cm³/mol. The summed E-state index contributed by atoms with van der Waals surface area (Å²) in [5, 5.41) is 16.9. The maximum Gasteiger partial charge on any atom is 3.00 e. The van der Waals surface area contributed by atoms with Crippen LogP contribution in [0.15, 0.2) is 444 Å². The number of anilines is 3. The van der Waals surface area contributed by atoms with Gasteiger partial charge >= 0.3 is 53.1 Å². The Morgan fingerprint density at radius 1 is 0.219 bits per heavy atom. The molecule has 2 N–H and O–H groups in total. The van der Waals surface area contributed by atoms with Gasteiger partial charge in [0.05, 0.1) is 34.2 Å². The second kappa shape index (κ2) is 49.7. The second-order valence-corrected chi connectivity index (χ2v) is 29.3. The Hall–Kier alpha value is -15.9. The number of rotatable bonds is 19. The number of nitrogens with zero attached hydrogens (tertiary/aromatic N) is 14. The van der Waals surface area contributed by atoms with Crippen molar-refractivity contribution in [2.24, 2.45) is 0 Å². The van der Waals surface area contributed by atoms with E-state index in [1.807, 2.05) is 376 Å². The molecule has 22 heteroatoms. The zero-order valence-corrected chi connectivity index (χ0v) is 82.3. The summed E-state index contributed by atoms with van der Waals surface area (Å²) in [4.78, 5) is 81.8.